The van der Waals surface area contributed by atoms with E-state index in [2.05, 4.69) is 35.3 Å². The molecule has 4 rings (SSSR count). The number of pyridine rings is 1. The molecule has 3 aromatic rings. The zero-order valence-corrected chi connectivity index (χ0v) is 13.5. The summed E-state index contributed by atoms with van der Waals surface area (Å²) in [4.78, 5) is 14.7. The van der Waals surface area contributed by atoms with Gasteiger partial charge >= 0.3 is 0 Å². The standard InChI is InChI=1S/C15H17N5OS/c1-7-17-11-9-4-8-6-21-15(2,3)5-10(8)19-14(9)22-12(11)13(18-7)20-16/h4H,5-6,16H2,1-3H3,(H,17,18,20). The van der Waals surface area contributed by atoms with Crippen LogP contribution in [0.1, 0.15) is 30.9 Å². The summed E-state index contributed by atoms with van der Waals surface area (Å²) in [6, 6.07) is 2.15. The predicted octanol–water partition coefficient (Wildman–Crippen LogP) is 2.68. The lowest BCUT2D eigenvalue weighted by molar-refractivity contribution is -0.0411. The molecular weight excluding hydrogens is 298 g/mol. The molecule has 0 amide bonds. The Hall–Kier alpha value is -1.83. The number of nitrogens with one attached hydrogen (secondary N) is 1. The molecule has 114 valence electrons. The van der Waals surface area contributed by atoms with E-state index in [4.69, 9.17) is 15.6 Å². The van der Waals surface area contributed by atoms with E-state index in [-0.39, 0.29) is 5.60 Å². The van der Waals surface area contributed by atoms with E-state index in [0.717, 1.165) is 38.1 Å². The quantitative estimate of drug-likeness (QED) is 0.530. The molecule has 3 aromatic heterocycles. The molecule has 22 heavy (non-hydrogen) atoms. The third-order valence-corrected chi connectivity index (χ3v) is 5.03. The van der Waals surface area contributed by atoms with Gasteiger partial charge in [-0.3, -0.25) is 0 Å². The average molecular weight is 315 g/mol. The van der Waals surface area contributed by atoms with Gasteiger partial charge in [-0.15, -0.1) is 11.3 Å². The van der Waals surface area contributed by atoms with Crippen molar-refractivity contribution in [2.24, 2.45) is 5.84 Å². The first-order chi connectivity index (χ1) is 10.5. The van der Waals surface area contributed by atoms with Crippen molar-refractivity contribution in [3.05, 3.63) is 23.1 Å². The summed E-state index contributed by atoms with van der Waals surface area (Å²) < 4.78 is 6.84. The molecule has 0 unspecified atom stereocenters. The van der Waals surface area contributed by atoms with Crippen LogP contribution in [-0.2, 0) is 17.8 Å². The van der Waals surface area contributed by atoms with Gasteiger partial charge in [0.2, 0.25) is 0 Å². The van der Waals surface area contributed by atoms with Gasteiger partial charge in [-0.05, 0) is 26.8 Å². The summed E-state index contributed by atoms with van der Waals surface area (Å²) in [5.41, 5.74) is 5.66. The van der Waals surface area contributed by atoms with Crippen molar-refractivity contribution < 1.29 is 4.74 Å². The van der Waals surface area contributed by atoms with Gasteiger partial charge in [0, 0.05) is 17.4 Å². The number of aromatic nitrogens is 3. The smallest absolute Gasteiger partial charge is 0.161 e. The number of fused-ring (bicyclic) bond motifs is 4. The van der Waals surface area contributed by atoms with E-state index in [1.165, 1.54) is 0 Å². The topological polar surface area (TPSA) is 86.0 Å². The summed E-state index contributed by atoms with van der Waals surface area (Å²) in [5, 5.41) is 1.05. The molecule has 0 saturated carbocycles. The molecule has 1 aliphatic heterocycles. The fourth-order valence-corrected chi connectivity index (χ4v) is 3.93. The van der Waals surface area contributed by atoms with Crippen LogP contribution < -0.4 is 11.3 Å². The molecule has 0 radical (unpaired) electrons. The van der Waals surface area contributed by atoms with Crippen LogP contribution in [0.5, 0.6) is 0 Å². The summed E-state index contributed by atoms with van der Waals surface area (Å²) >= 11 is 1.58. The second kappa shape index (κ2) is 4.58. The van der Waals surface area contributed by atoms with Crippen molar-refractivity contribution in [3.63, 3.8) is 0 Å². The molecule has 3 N–H and O–H groups in total. The Kier molecular flexibility index (Phi) is 2.87. The lowest BCUT2D eigenvalue weighted by Crippen LogP contribution is -2.32. The zero-order chi connectivity index (χ0) is 15.5. The van der Waals surface area contributed by atoms with E-state index in [1.54, 1.807) is 11.3 Å². The Morgan fingerprint density at radius 1 is 1.32 bits per heavy atom. The summed E-state index contributed by atoms with van der Waals surface area (Å²) in [6.07, 6.45) is 0.819. The van der Waals surface area contributed by atoms with Gasteiger partial charge in [-0.1, -0.05) is 0 Å². The number of nitrogens with two attached hydrogens (primary N) is 1. The lowest BCUT2D eigenvalue weighted by atomic mass is 9.95. The minimum absolute atomic E-state index is 0.162. The van der Waals surface area contributed by atoms with Crippen molar-refractivity contribution in [2.75, 3.05) is 5.43 Å². The number of anilines is 1. The number of hydrogen-bond donors (Lipinski definition) is 2. The molecule has 6 nitrogen and oxygen atoms in total. The number of nitrogen functional groups attached to an aromatic ring is 1. The van der Waals surface area contributed by atoms with E-state index in [9.17, 15) is 0 Å². The fourth-order valence-electron chi connectivity index (χ4n) is 2.86. The molecule has 0 saturated heterocycles. The molecule has 4 heterocycles. The molecule has 1 aliphatic rings. The molecule has 0 atom stereocenters. The van der Waals surface area contributed by atoms with Gasteiger partial charge in [0.05, 0.1) is 28.1 Å². The third kappa shape index (κ3) is 2.05. The van der Waals surface area contributed by atoms with Crippen LogP contribution in [-0.4, -0.2) is 20.6 Å². The van der Waals surface area contributed by atoms with Gasteiger partial charge in [-0.25, -0.2) is 20.8 Å². The van der Waals surface area contributed by atoms with Crippen molar-refractivity contribution in [1.29, 1.82) is 0 Å². The maximum absolute atomic E-state index is 5.90. The van der Waals surface area contributed by atoms with Crippen molar-refractivity contribution in [3.8, 4) is 0 Å². The Balaban J connectivity index is 2.01. The fraction of sp³-hybridized carbons (Fsp3) is 0.400. The second-order valence-electron chi connectivity index (χ2n) is 6.22. The summed E-state index contributed by atoms with van der Waals surface area (Å²) in [7, 11) is 0. The highest BCUT2D eigenvalue weighted by molar-refractivity contribution is 7.25. The third-order valence-electron chi connectivity index (χ3n) is 3.94. The number of hydrazine groups is 1. The number of hydrogen-bond acceptors (Lipinski definition) is 7. The van der Waals surface area contributed by atoms with Gasteiger partial charge in [-0.2, -0.15) is 0 Å². The Morgan fingerprint density at radius 3 is 2.91 bits per heavy atom. The maximum atomic E-state index is 5.90. The van der Waals surface area contributed by atoms with Crippen molar-refractivity contribution >= 4 is 37.6 Å². The molecular formula is C15H17N5OS. The molecule has 0 aromatic carbocycles. The van der Waals surface area contributed by atoms with Crippen LogP contribution in [0.3, 0.4) is 0 Å². The normalized spacial score (nSPS) is 16.9. The van der Waals surface area contributed by atoms with Crippen LogP contribution in [0.4, 0.5) is 5.82 Å². The Morgan fingerprint density at radius 2 is 2.14 bits per heavy atom. The predicted molar refractivity (Wildman–Crippen MR) is 87.8 cm³/mol. The van der Waals surface area contributed by atoms with Crippen LogP contribution in [0.15, 0.2) is 6.07 Å². The number of nitrogens with zero attached hydrogens (tertiary/aromatic N) is 3. The zero-order valence-electron chi connectivity index (χ0n) is 12.7. The number of rotatable bonds is 1. The molecule has 0 spiro atoms. The van der Waals surface area contributed by atoms with E-state index >= 15 is 0 Å². The monoisotopic (exact) mass is 315 g/mol. The SMILES string of the molecule is Cc1nc(NN)c2sc3nc4c(cc3c2n1)COC(C)(C)C4. The molecule has 0 fully saturated rings. The van der Waals surface area contributed by atoms with Crippen LogP contribution in [0.2, 0.25) is 0 Å². The lowest BCUT2D eigenvalue weighted by Gasteiger charge is -2.30. The Bertz CT molecular complexity index is 902. The van der Waals surface area contributed by atoms with Gasteiger partial charge in [0.15, 0.2) is 5.82 Å². The van der Waals surface area contributed by atoms with Crippen molar-refractivity contribution in [1.82, 2.24) is 15.0 Å². The first-order valence-corrected chi connectivity index (χ1v) is 7.99. The molecule has 0 aliphatic carbocycles. The first kappa shape index (κ1) is 13.8. The van der Waals surface area contributed by atoms with E-state index in [1.807, 2.05) is 6.92 Å². The highest BCUT2D eigenvalue weighted by atomic mass is 32.1. The van der Waals surface area contributed by atoms with E-state index < -0.39 is 0 Å². The summed E-state index contributed by atoms with van der Waals surface area (Å²) in [5.74, 6) is 6.93. The minimum Gasteiger partial charge on any atom is -0.370 e. The van der Waals surface area contributed by atoms with Gasteiger partial charge in [0.25, 0.3) is 0 Å². The Labute approximate surface area is 131 Å². The highest BCUT2D eigenvalue weighted by Crippen LogP contribution is 2.38. The molecule has 0 bridgehead atoms. The van der Waals surface area contributed by atoms with E-state index in [0.29, 0.717) is 18.2 Å². The molecule has 7 heteroatoms. The second-order valence-corrected chi connectivity index (χ2v) is 7.21. The maximum Gasteiger partial charge on any atom is 0.161 e. The van der Waals surface area contributed by atoms with Gasteiger partial charge < -0.3 is 10.2 Å². The first-order valence-electron chi connectivity index (χ1n) is 7.17. The number of aryl methyl sites for hydroxylation is 1. The van der Waals surface area contributed by atoms with Crippen LogP contribution in [0.25, 0.3) is 20.4 Å². The van der Waals surface area contributed by atoms with Crippen molar-refractivity contribution in [2.45, 2.75) is 39.4 Å². The number of ether oxygens (including phenoxy) is 1. The average Bonchev–Trinajstić information content (AvgIpc) is 2.81. The van der Waals surface area contributed by atoms with Gasteiger partial charge in [0.1, 0.15) is 10.7 Å². The number of thiophene rings is 1. The highest BCUT2D eigenvalue weighted by Gasteiger charge is 2.28. The van der Waals surface area contributed by atoms with Crippen LogP contribution >= 0.6 is 11.3 Å². The summed E-state index contributed by atoms with van der Waals surface area (Å²) in [6.45, 7) is 6.64. The van der Waals surface area contributed by atoms with Crippen LogP contribution in [0, 0.1) is 6.92 Å². The largest absolute Gasteiger partial charge is 0.370 e. The minimum atomic E-state index is -0.162.